The molecule has 0 unspecified atom stereocenters. The third kappa shape index (κ3) is 3.28. The largest absolute Gasteiger partial charge is 0.349 e. The molecule has 2 aromatic rings. The van der Waals surface area contributed by atoms with Crippen LogP contribution in [0.1, 0.15) is 16.7 Å². The van der Waals surface area contributed by atoms with Crippen LogP contribution in [-0.2, 0) is 14.8 Å². The number of para-hydroxylation sites is 1. The molecular weight excluding hydrogens is 338 g/mol. The Morgan fingerprint density at radius 3 is 2.40 bits per heavy atom. The lowest BCUT2D eigenvalue weighted by Crippen LogP contribution is -2.35. The van der Waals surface area contributed by atoms with E-state index in [0.717, 1.165) is 16.8 Å². The molecule has 0 saturated carbocycles. The van der Waals surface area contributed by atoms with Gasteiger partial charge in [-0.05, 0) is 37.1 Å². The first-order valence-electron chi connectivity index (χ1n) is 7.81. The third-order valence-electron chi connectivity index (χ3n) is 4.10. The molecule has 25 heavy (non-hydrogen) atoms. The van der Waals surface area contributed by atoms with Crippen LogP contribution in [0.25, 0.3) is 0 Å². The zero-order valence-corrected chi connectivity index (χ0v) is 15.1. The predicted molar refractivity (Wildman–Crippen MR) is 97.3 cm³/mol. The lowest BCUT2D eigenvalue weighted by Gasteiger charge is -2.19. The number of amides is 1. The summed E-state index contributed by atoms with van der Waals surface area (Å²) in [5.41, 5.74) is 3.25. The molecule has 0 atom stereocenters. The number of amidine groups is 1. The van der Waals surface area contributed by atoms with Crippen molar-refractivity contribution in [2.45, 2.75) is 18.7 Å². The fourth-order valence-electron chi connectivity index (χ4n) is 2.84. The molecule has 1 N–H and O–H groups in total. The summed E-state index contributed by atoms with van der Waals surface area (Å²) in [6.07, 6.45) is 0. The summed E-state index contributed by atoms with van der Waals surface area (Å²) in [6, 6.07) is 12.4. The predicted octanol–water partition coefficient (Wildman–Crippen LogP) is 2.32. The number of rotatable bonds is 3. The lowest BCUT2D eigenvalue weighted by molar-refractivity contribution is -0.116. The van der Waals surface area contributed by atoms with E-state index >= 15 is 0 Å². The van der Waals surface area contributed by atoms with Gasteiger partial charge in [0.05, 0.1) is 6.54 Å². The number of hydrogen-bond donors (Lipinski definition) is 1. The second kappa shape index (κ2) is 6.33. The van der Waals surface area contributed by atoms with E-state index in [2.05, 4.69) is 9.71 Å². The molecule has 3 rings (SSSR count). The van der Waals surface area contributed by atoms with Crippen molar-refractivity contribution < 1.29 is 13.2 Å². The maximum Gasteiger partial charge on any atom is 0.285 e. The Morgan fingerprint density at radius 1 is 1.08 bits per heavy atom. The minimum atomic E-state index is -3.69. The quantitative estimate of drug-likeness (QED) is 0.914. The number of benzene rings is 2. The summed E-state index contributed by atoms with van der Waals surface area (Å²) in [5.74, 6) is 0.0524. The third-order valence-corrected chi connectivity index (χ3v) is 5.43. The van der Waals surface area contributed by atoms with Gasteiger partial charge in [0.25, 0.3) is 10.0 Å². The lowest BCUT2D eigenvalue weighted by atomic mass is 10.1. The summed E-state index contributed by atoms with van der Waals surface area (Å²) in [4.78, 5) is 14.1. The number of hydrogen-bond acceptors (Lipinski definition) is 4. The van der Waals surface area contributed by atoms with Gasteiger partial charge in [-0.2, -0.15) is 8.42 Å². The van der Waals surface area contributed by atoms with Gasteiger partial charge in [0, 0.05) is 18.3 Å². The number of likely N-dealkylation sites (N-methyl/N-ethyl adjacent to an activating group) is 1. The van der Waals surface area contributed by atoms with Gasteiger partial charge in [0.2, 0.25) is 5.91 Å². The fourth-order valence-corrected chi connectivity index (χ4v) is 4.10. The molecule has 0 aromatic heterocycles. The van der Waals surface area contributed by atoms with Crippen LogP contribution in [0.4, 0.5) is 5.69 Å². The van der Waals surface area contributed by atoms with Crippen molar-refractivity contribution in [2.24, 2.45) is 4.40 Å². The normalized spacial score (nSPS) is 14.6. The van der Waals surface area contributed by atoms with E-state index in [9.17, 15) is 13.2 Å². The van der Waals surface area contributed by atoms with Crippen LogP contribution in [0.5, 0.6) is 0 Å². The van der Waals surface area contributed by atoms with Crippen molar-refractivity contribution >= 4 is 27.5 Å². The van der Waals surface area contributed by atoms with Gasteiger partial charge in [0.1, 0.15) is 4.90 Å². The smallest absolute Gasteiger partial charge is 0.285 e. The molecule has 0 fully saturated rings. The molecule has 130 valence electrons. The van der Waals surface area contributed by atoms with E-state index in [1.54, 1.807) is 30.1 Å². The molecule has 1 amide bonds. The Morgan fingerprint density at radius 2 is 1.72 bits per heavy atom. The van der Waals surface area contributed by atoms with E-state index < -0.39 is 10.0 Å². The van der Waals surface area contributed by atoms with Crippen LogP contribution in [0.2, 0.25) is 0 Å². The number of carbonyl (C=O) groups is 1. The summed E-state index contributed by atoms with van der Waals surface area (Å²) in [6.45, 7) is 3.85. The van der Waals surface area contributed by atoms with Gasteiger partial charge in [-0.3, -0.25) is 4.79 Å². The molecule has 0 bridgehead atoms. The number of aryl methyl sites for hydroxylation is 2. The molecule has 7 heteroatoms. The maximum atomic E-state index is 12.4. The van der Waals surface area contributed by atoms with Gasteiger partial charge < -0.3 is 10.2 Å². The van der Waals surface area contributed by atoms with Crippen molar-refractivity contribution in [3.8, 4) is 0 Å². The number of sulfonamides is 1. The average molecular weight is 357 g/mol. The number of carbonyl (C=O) groups excluding carboxylic acids is 1. The van der Waals surface area contributed by atoms with E-state index in [0.29, 0.717) is 5.56 Å². The van der Waals surface area contributed by atoms with Crippen molar-refractivity contribution in [3.05, 3.63) is 59.2 Å². The van der Waals surface area contributed by atoms with Crippen molar-refractivity contribution in [2.75, 3.05) is 18.9 Å². The van der Waals surface area contributed by atoms with Crippen molar-refractivity contribution in [1.82, 2.24) is 4.90 Å². The van der Waals surface area contributed by atoms with E-state index in [-0.39, 0.29) is 23.2 Å². The summed E-state index contributed by atoms with van der Waals surface area (Å²) in [5, 5.41) is 2.89. The highest BCUT2D eigenvalue weighted by atomic mass is 32.2. The Labute approximate surface area is 147 Å². The second-order valence-electron chi connectivity index (χ2n) is 6.06. The number of fused-ring (bicyclic) bond motifs is 1. The van der Waals surface area contributed by atoms with Crippen LogP contribution >= 0.6 is 0 Å². The van der Waals surface area contributed by atoms with Crippen LogP contribution in [-0.4, -0.2) is 38.7 Å². The minimum absolute atomic E-state index is 0.00351. The maximum absolute atomic E-state index is 12.4. The molecule has 6 nitrogen and oxygen atoms in total. The molecule has 0 aliphatic carbocycles. The zero-order valence-electron chi connectivity index (χ0n) is 14.3. The number of nitrogens with zero attached hydrogens (tertiary/aromatic N) is 2. The van der Waals surface area contributed by atoms with E-state index in [4.69, 9.17) is 0 Å². The number of anilines is 1. The summed E-state index contributed by atoms with van der Waals surface area (Å²) < 4.78 is 28.1. The average Bonchev–Trinajstić information content (AvgIpc) is 2.83. The number of nitrogens with one attached hydrogen (secondary N) is 1. The Balaban J connectivity index is 1.79. The fraction of sp³-hybridized carbons (Fsp3) is 0.222. The first-order valence-corrected chi connectivity index (χ1v) is 9.25. The highest BCUT2D eigenvalue weighted by Gasteiger charge is 2.30. The molecule has 1 aliphatic heterocycles. The first-order chi connectivity index (χ1) is 11.8. The molecular formula is C18H19N3O3S. The Hall–Kier alpha value is -2.67. The summed E-state index contributed by atoms with van der Waals surface area (Å²) in [7, 11) is -2.04. The van der Waals surface area contributed by atoms with Crippen molar-refractivity contribution in [3.63, 3.8) is 0 Å². The van der Waals surface area contributed by atoms with E-state index in [1.807, 2.05) is 32.0 Å². The molecule has 1 aliphatic rings. The van der Waals surface area contributed by atoms with Crippen LogP contribution in [0.15, 0.2) is 51.8 Å². The van der Waals surface area contributed by atoms with Gasteiger partial charge in [-0.25, -0.2) is 0 Å². The topological polar surface area (TPSA) is 78.8 Å². The standard InChI is InChI=1S/C18H19N3O3S/c1-12-7-6-8-13(2)17(12)19-16(22)11-21(3)18-14-9-4-5-10-15(14)25(23,24)20-18/h4-10H,11H2,1-3H3,(H,19,22). The Kier molecular flexibility index (Phi) is 4.34. The zero-order chi connectivity index (χ0) is 18.2. The highest BCUT2D eigenvalue weighted by Crippen LogP contribution is 2.27. The van der Waals surface area contributed by atoms with Gasteiger partial charge in [-0.1, -0.05) is 30.3 Å². The van der Waals surface area contributed by atoms with Gasteiger partial charge in [0.15, 0.2) is 5.84 Å². The summed E-state index contributed by atoms with van der Waals surface area (Å²) >= 11 is 0. The molecule has 0 saturated heterocycles. The van der Waals surface area contributed by atoms with Crippen LogP contribution < -0.4 is 5.32 Å². The van der Waals surface area contributed by atoms with Crippen LogP contribution in [0.3, 0.4) is 0 Å². The molecule has 1 heterocycles. The molecule has 0 spiro atoms. The van der Waals surface area contributed by atoms with Crippen LogP contribution in [0, 0.1) is 13.8 Å². The van der Waals surface area contributed by atoms with E-state index in [1.165, 1.54) is 6.07 Å². The highest BCUT2D eigenvalue weighted by molar-refractivity contribution is 7.90. The first kappa shape index (κ1) is 17.2. The monoisotopic (exact) mass is 357 g/mol. The second-order valence-corrected chi connectivity index (χ2v) is 7.63. The minimum Gasteiger partial charge on any atom is -0.349 e. The van der Waals surface area contributed by atoms with Crippen molar-refractivity contribution in [1.29, 1.82) is 0 Å². The SMILES string of the molecule is Cc1cccc(C)c1NC(=O)CN(C)C1=NS(=O)(=O)c2ccccc21. The van der Waals surface area contributed by atoms with Gasteiger partial charge >= 0.3 is 0 Å². The molecule has 0 radical (unpaired) electrons. The Bertz CT molecular complexity index is 961. The van der Waals surface area contributed by atoms with Gasteiger partial charge in [-0.15, -0.1) is 4.40 Å². The molecule has 2 aromatic carbocycles.